The van der Waals surface area contributed by atoms with E-state index in [1.165, 1.54) is 0 Å². The lowest BCUT2D eigenvalue weighted by atomic mass is 9.89. The number of amides is 2. The largest absolute Gasteiger partial charge is 0.342 e. The lowest BCUT2D eigenvalue weighted by Gasteiger charge is -2.30. The molecule has 4 heteroatoms. The molecule has 1 rings (SSSR count). The minimum Gasteiger partial charge on any atom is -0.342 e. The maximum absolute atomic E-state index is 12.8. The molecule has 0 saturated carbocycles. The van der Waals surface area contributed by atoms with E-state index in [1.807, 2.05) is 39.0 Å². The van der Waals surface area contributed by atoms with Gasteiger partial charge in [-0.05, 0) is 51.7 Å². The Morgan fingerprint density at radius 2 is 1.74 bits per heavy atom. The van der Waals surface area contributed by atoms with Crippen LogP contribution in [0.3, 0.4) is 0 Å². The molecule has 0 radical (unpaired) electrons. The average molecular weight is 318 g/mol. The van der Waals surface area contributed by atoms with Gasteiger partial charge in [-0.15, -0.1) is 0 Å². The number of carbonyl (C=O) groups is 2. The predicted octanol–water partition coefficient (Wildman–Crippen LogP) is 3.95. The summed E-state index contributed by atoms with van der Waals surface area (Å²) >= 11 is 0. The minimum atomic E-state index is -1.09. The van der Waals surface area contributed by atoms with Crippen LogP contribution in [0, 0.1) is 12.3 Å². The summed E-state index contributed by atoms with van der Waals surface area (Å²) in [5.41, 5.74) is 1.83. The highest BCUT2D eigenvalue weighted by Gasteiger charge is 2.38. The number of aryl methyl sites for hydroxylation is 1. The molecule has 0 heterocycles. The maximum atomic E-state index is 12.8. The number of carbonyl (C=O) groups excluding carboxylic acids is 2. The Balaban J connectivity index is 3.10. The van der Waals surface area contributed by atoms with Crippen LogP contribution in [0.15, 0.2) is 18.2 Å². The number of para-hydroxylation sites is 1. The van der Waals surface area contributed by atoms with Crippen molar-refractivity contribution < 1.29 is 9.59 Å². The fourth-order valence-electron chi connectivity index (χ4n) is 2.62. The molecule has 128 valence electrons. The van der Waals surface area contributed by atoms with Crippen LogP contribution in [0.5, 0.6) is 0 Å². The van der Waals surface area contributed by atoms with Crippen molar-refractivity contribution in [1.29, 1.82) is 0 Å². The summed E-state index contributed by atoms with van der Waals surface area (Å²) in [6.45, 7) is 14.6. The second kappa shape index (κ2) is 7.62. The molecule has 0 unspecified atom stereocenters. The number of nitrogens with one attached hydrogen (secondary N) is 1. The van der Waals surface area contributed by atoms with Crippen molar-refractivity contribution in [3.05, 3.63) is 29.3 Å². The summed E-state index contributed by atoms with van der Waals surface area (Å²) in [6.07, 6.45) is 0. The van der Waals surface area contributed by atoms with E-state index >= 15 is 0 Å². The van der Waals surface area contributed by atoms with E-state index in [4.69, 9.17) is 0 Å². The lowest BCUT2D eigenvalue weighted by Crippen LogP contribution is -2.47. The Morgan fingerprint density at radius 3 is 2.22 bits per heavy atom. The lowest BCUT2D eigenvalue weighted by molar-refractivity contribution is -0.146. The number of hydrogen-bond donors (Lipinski definition) is 1. The summed E-state index contributed by atoms with van der Waals surface area (Å²) in [7, 11) is 0. The van der Waals surface area contributed by atoms with Gasteiger partial charge >= 0.3 is 0 Å². The van der Waals surface area contributed by atoms with Crippen LogP contribution in [-0.4, -0.2) is 29.8 Å². The monoisotopic (exact) mass is 318 g/mol. The first-order valence-electron chi connectivity index (χ1n) is 8.37. The Kier molecular flexibility index (Phi) is 6.37. The number of hydrogen-bond acceptors (Lipinski definition) is 2. The van der Waals surface area contributed by atoms with Gasteiger partial charge in [0.2, 0.25) is 11.8 Å². The molecule has 0 aromatic heterocycles. The number of rotatable bonds is 6. The van der Waals surface area contributed by atoms with Gasteiger partial charge in [0.25, 0.3) is 0 Å². The van der Waals surface area contributed by atoms with Gasteiger partial charge in [-0.2, -0.15) is 0 Å². The summed E-state index contributed by atoms with van der Waals surface area (Å²) < 4.78 is 0. The highest BCUT2D eigenvalue weighted by molar-refractivity contribution is 6.10. The van der Waals surface area contributed by atoms with Crippen LogP contribution in [0.2, 0.25) is 0 Å². The van der Waals surface area contributed by atoms with Gasteiger partial charge in [0.05, 0.1) is 0 Å². The molecule has 1 aromatic carbocycles. The fourth-order valence-corrected chi connectivity index (χ4v) is 2.62. The van der Waals surface area contributed by atoms with Crippen LogP contribution >= 0.6 is 0 Å². The molecule has 0 aliphatic carbocycles. The van der Waals surface area contributed by atoms with Crippen LogP contribution in [0.25, 0.3) is 0 Å². The molecular formula is C19H30N2O2. The van der Waals surface area contributed by atoms with Gasteiger partial charge in [-0.1, -0.05) is 32.0 Å². The fraction of sp³-hybridized carbons (Fsp3) is 0.579. The first-order valence-corrected chi connectivity index (χ1v) is 8.37. The zero-order chi connectivity index (χ0) is 17.8. The standard InChI is InChI=1S/C19H30N2O2/c1-8-21(9-2)18(23)19(6,7)17(22)20-16-14(5)11-10-12-15(16)13(3)4/h10-13H,8-9H2,1-7H3,(H,20,22). The molecule has 4 nitrogen and oxygen atoms in total. The van der Waals surface area contributed by atoms with Crippen molar-refractivity contribution in [1.82, 2.24) is 4.90 Å². The van der Waals surface area contributed by atoms with Gasteiger partial charge in [0.1, 0.15) is 5.41 Å². The van der Waals surface area contributed by atoms with Gasteiger partial charge in [0, 0.05) is 18.8 Å². The van der Waals surface area contributed by atoms with Crippen LogP contribution in [0.1, 0.15) is 58.6 Å². The summed E-state index contributed by atoms with van der Waals surface area (Å²) in [4.78, 5) is 27.1. The van der Waals surface area contributed by atoms with Gasteiger partial charge in [-0.3, -0.25) is 9.59 Å². The SMILES string of the molecule is CCN(CC)C(=O)C(C)(C)C(=O)Nc1c(C)cccc1C(C)C. The third-order valence-corrected chi connectivity index (χ3v) is 4.32. The van der Waals surface area contributed by atoms with Crippen molar-refractivity contribution in [2.45, 2.75) is 54.4 Å². The molecule has 23 heavy (non-hydrogen) atoms. The number of benzene rings is 1. The van der Waals surface area contributed by atoms with E-state index in [0.717, 1.165) is 16.8 Å². The zero-order valence-corrected chi connectivity index (χ0v) is 15.5. The third kappa shape index (κ3) is 4.12. The Labute approximate surface area is 140 Å². The molecule has 0 aliphatic heterocycles. The number of anilines is 1. The van der Waals surface area contributed by atoms with E-state index in [-0.39, 0.29) is 11.8 Å². The molecule has 0 saturated heterocycles. The van der Waals surface area contributed by atoms with E-state index < -0.39 is 5.41 Å². The second-order valence-electron chi connectivity index (χ2n) is 6.75. The maximum Gasteiger partial charge on any atom is 0.239 e. The first kappa shape index (κ1) is 19.2. The average Bonchev–Trinajstić information content (AvgIpc) is 2.49. The molecule has 1 aromatic rings. The summed E-state index contributed by atoms with van der Waals surface area (Å²) in [5.74, 6) is -0.0999. The summed E-state index contributed by atoms with van der Waals surface area (Å²) in [6, 6.07) is 5.99. The number of nitrogens with zero attached hydrogens (tertiary/aromatic N) is 1. The van der Waals surface area contributed by atoms with Crippen molar-refractivity contribution in [2.24, 2.45) is 5.41 Å². The highest BCUT2D eigenvalue weighted by Crippen LogP contribution is 2.30. The second-order valence-corrected chi connectivity index (χ2v) is 6.75. The Hall–Kier alpha value is -1.84. The van der Waals surface area contributed by atoms with E-state index in [2.05, 4.69) is 19.2 Å². The highest BCUT2D eigenvalue weighted by atomic mass is 16.2. The normalized spacial score (nSPS) is 11.5. The quantitative estimate of drug-likeness (QED) is 0.807. The van der Waals surface area contributed by atoms with E-state index in [9.17, 15) is 9.59 Å². The molecule has 0 spiro atoms. The molecule has 2 amide bonds. The molecule has 0 atom stereocenters. The van der Waals surface area contributed by atoms with Gasteiger partial charge in [0.15, 0.2) is 0 Å². The van der Waals surface area contributed by atoms with Crippen molar-refractivity contribution in [2.75, 3.05) is 18.4 Å². The summed E-state index contributed by atoms with van der Waals surface area (Å²) in [5, 5.41) is 3.00. The van der Waals surface area contributed by atoms with E-state index in [0.29, 0.717) is 19.0 Å². The van der Waals surface area contributed by atoms with E-state index in [1.54, 1.807) is 18.7 Å². The Bertz CT molecular complexity index is 573. The smallest absolute Gasteiger partial charge is 0.239 e. The minimum absolute atomic E-state index is 0.139. The van der Waals surface area contributed by atoms with Crippen molar-refractivity contribution >= 4 is 17.5 Å². The van der Waals surface area contributed by atoms with Gasteiger partial charge in [-0.25, -0.2) is 0 Å². The van der Waals surface area contributed by atoms with Crippen LogP contribution < -0.4 is 5.32 Å². The van der Waals surface area contributed by atoms with Crippen molar-refractivity contribution in [3.63, 3.8) is 0 Å². The van der Waals surface area contributed by atoms with Gasteiger partial charge < -0.3 is 10.2 Å². The third-order valence-electron chi connectivity index (χ3n) is 4.32. The molecule has 0 fully saturated rings. The van der Waals surface area contributed by atoms with Crippen LogP contribution in [-0.2, 0) is 9.59 Å². The molecule has 0 bridgehead atoms. The molecule has 0 aliphatic rings. The molecular weight excluding hydrogens is 288 g/mol. The van der Waals surface area contributed by atoms with Crippen LogP contribution in [0.4, 0.5) is 5.69 Å². The zero-order valence-electron chi connectivity index (χ0n) is 15.5. The molecule has 1 N–H and O–H groups in total. The first-order chi connectivity index (χ1) is 10.7. The van der Waals surface area contributed by atoms with Crippen molar-refractivity contribution in [3.8, 4) is 0 Å². The topological polar surface area (TPSA) is 49.4 Å². The Morgan fingerprint density at radius 1 is 1.17 bits per heavy atom. The predicted molar refractivity (Wildman–Crippen MR) is 95.6 cm³/mol.